The molecule has 94 valence electrons. The Kier molecular flexibility index (Phi) is 2.60. The van der Waals surface area contributed by atoms with Crippen LogP contribution in [-0.4, -0.2) is 46.8 Å². The molecule has 17 heavy (non-hydrogen) atoms. The van der Waals surface area contributed by atoms with E-state index in [-0.39, 0.29) is 23.9 Å². The predicted molar refractivity (Wildman–Crippen MR) is 63.3 cm³/mol. The van der Waals surface area contributed by atoms with E-state index < -0.39 is 0 Å². The second-order valence-corrected chi connectivity index (χ2v) is 5.65. The van der Waals surface area contributed by atoms with Crippen molar-refractivity contribution in [2.24, 2.45) is 5.92 Å². The lowest BCUT2D eigenvalue weighted by Gasteiger charge is -2.46. The molecule has 0 aromatic carbocycles. The van der Waals surface area contributed by atoms with Gasteiger partial charge in [-0.2, -0.15) is 0 Å². The van der Waals surface area contributed by atoms with Crippen LogP contribution in [-0.2, 0) is 9.59 Å². The number of hydrogen-bond acceptors (Lipinski definition) is 2. The van der Waals surface area contributed by atoms with Gasteiger partial charge in [-0.3, -0.25) is 9.59 Å². The van der Waals surface area contributed by atoms with Crippen molar-refractivity contribution in [3.8, 4) is 0 Å². The Hall–Kier alpha value is -1.06. The summed E-state index contributed by atoms with van der Waals surface area (Å²) in [5.74, 6) is 1.02. The topological polar surface area (TPSA) is 40.6 Å². The fraction of sp³-hybridized carbons (Fsp3) is 0.846. The molecule has 2 unspecified atom stereocenters. The van der Waals surface area contributed by atoms with E-state index in [1.165, 1.54) is 12.8 Å². The van der Waals surface area contributed by atoms with Crippen LogP contribution in [0.5, 0.6) is 0 Å². The maximum atomic E-state index is 12.4. The lowest BCUT2D eigenvalue weighted by molar-refractivity contribution is -0.163. The van der Waals surface area contributed by atoms with Crippen LogP contribution in [0.25, 0.3) is 0 Å². The third-order valence-electron chi connectivity index (χ3n) is 4.33. The van der Waals surface area contributed by atoms with Crippen LogP contribution in [0.1, 0.15) is 39.0 Å². The van der Waals surface area contributed by atoms with Crippen LogP contribution in [0.15, 0.2) is 0 Å². The number of fused-ring (bicyclic) bond motifs is 1. The van der Waals surface area contributed by atoms with Crippen molar-refractivity contribution < 1.29 is 9.59 Å². The van der Waals surface area contributed by atoms with Crippen molar-refractivity contribution in [1.82, 2.24) is 9.80 Å². The number of hydrogen-bond donors (Lipinski definition) is 0. The summed E-state index contributed by atoms with van der Waals surface area (Å²) in [6.07, 6.45) is 5.42. The first-order valence-electron chi connectivity index (χ1n) is 6.79. The van der Waals surface area contributed by atoms with Gasteiger partial charge in [0.05, 0.1) is 0 Å². The summed E-state index contributed by atoms with van der Waals surface area (Å²) in [4.78, 5) is 28.3. The number of carbonyl (C=O) groups is 2. The fourth-order valence-electron chi connectivity index (χ4n) is 3.03. The van der Waals surface area contributed by atoms with Gasteiger partial charge in [-0.1, -0.05) is 0 Å². The van der Waals surface area contributed by atoms with E-state index in [0.717, 1.165) is 32.4 Å². The number of amides is 2. The standard InChI is InChI=1S/C13H20N2O2/c1-9-12(16)14-7-3-2-4-11(14)13(17)15(9)8-10-5-6-10/h9-11H,2-8H2,1H3. The molecule has 3 fully saturated rings. The molecule has 0 radical (unpaired) electrons. The number of carbonyl (C=O) groups excluding carboxylic acids is 2. The molecule has 4 nitrogen and oxygen atoms in total. The highest BCUT2D eigenvalue weighted by atomic mass is 16.2. The molecule has 1 saturated carbocycles. The minimum atomic E-state index is -0.238. The van der Waals surface area contributed by atoms with Gasteiger partial charge in [0.15, 0.2) is 0 Å². The summed E-state index contributed by atoms with van der Waals surface area (Å²) in [6.45, 7) is 3.46. The Bertz CT molecular complexity index is 351. The van der Waals surface area contributed by atoms with Gasteiger partial charge in [-0.05, 0) is 44.9 Å². The average Bonchev–Trinajstić information content (AvgIpc) is 3.16. The molecule has 0 bridgehead atoms. The molecule has 2 heterocycles. The predicted octanol–water partition coefficient (Wildman–Crippen LogP) is 1.01. The molecule has 3 aliphatic rings. The zero-order valence-electron chi connectivity index (χ0n) is 10.4. The van der Waals surface area contributed by atoms with Gasteiger partial charge in [0.1, 0.15) is 12.1 Å². The van der Waals surface area contributed by atoms with Crippen LogP contribution in [0.2, 0.25) is 0 Å². The SMILES string of the molecule is CC1C(=O)N2CCCCC2C(=O)N1CC1CC1. The first kappa shape index (κ1) is 11.1. The molecule has 2 amide bonds. The van der Waals surface area contributed by atoms with Gasteiger partial charge in [0.2, 0.25) is 11.8 Å². The van der Waals surface area contributed by atoms with E-state index in [9.17, 15) is 9.59 Å². The molecular formula is C13H20N2O2. The summed E-state index contributed by atoms with van der Waals surface area (Å²) in [5, 5.41) is 0. The second-order valence-electron chi connectivity index (χ2n) is 5.65. The van der Waals surface area contributed by atoms with E-state index in [4.69, 9.17) is 0 Å². The van der Waals surface area contributed by atoms with Gasteiger partial charge in [0, 0.05) is 13.1 Å². The number of piperidine rings is 1. The molecule has 2 saturated heterocycles. The third-order valence-corrected chi connectivity index (χ3v) is 4.33. The summed E-state index contributed by atoms with van der Waals surface area (Å²) in [6, 6.07) is -0.386. The zero-order chi connectivity index (χ0) is 12.0. The Morgan fingerprint density at radius 3 is 2.59 bits per heavy atom. The molecule has 0 aromatic heterocycles. The molecule has 3 rings (SSSR count). The minimum absolute atomic E-state index is 0.147. The van der Waals surface area contributed by atoms with Gasteiger partial charge < -0.3 is 9.80 Å². The van der Waals surface area contributed by atoms with Gasteiger partial charge in [0.25, 0.3) is 0 Å². The molecule has 0 N–H and O–H groups in total. The fourth-order valence-corrected chi connectivity index (χ4v) is 3.03. The van der Waals surface area contributed by atoms with Crippen LogP contribution in [0.3, 0.4) is 0 Å². The number of piperazine rings is 1. The highest BCUT2D eigenvalue weighted by Crippen LogP contribution is 2.33. The monoisotopic (exact) mass is 236 g/mol. The van der Waals surface area contributed by atoms with E-state index in [1.807, 2.05) is 16.7 Å². The second kappa shape index (κ2) is 4.00. The van der Waals surface area contributed by atoms with E-state index in [2.05, 4.69) is 0 Å². The summed E-state index contributed by atoms with van der Waals surface area (Å²) >= 11 is 0. The quantitative estimate of drug-likeness (QED) is 0.718. The molecular weight excluding hydrogens is 216 g/mol. The van der Waals surface area contributed by atoms with Crippen molar-refractivity contribution >= 4 is 11.8 Å². The van der Waals surface area contributed by atoms with Gasteiger partial charge in [-0.25, -0.2) is 0 Å². The Labute approximate surface area is 102 Å². The number of nitrogens with zero attached hydrogens (tertiary/aromatic N) is 2. The largest absolute Gasteiger partial charge is 0.329 e. The van der Waals surface area contributed by atoms with Crippen molar-refractivity contribution in [2.45, 2.75) is 51.1 Å². The normalized spacial score (nSPS) is 33.9. The van der Waals surface area contributed by atoms with E-state index >= 15 is 0 Å². The first-order chi connectivity index (χ1) is 8.18. The van der Waals surface area contributed by atoms with Crippen molar-refractivity contribution in [3.05, 3.63) is 0 Å². The maximum absolute atomic E-state index is 12.4. The van der Waals surface area contributed by atoms with Crippen molar-refractivity contribution in [1.29, 1.82) is 0 Å². The van der Waals surface area contributed by atoms with Crippen LogP contribution in [0, 0.1) is 5.92 Å². The van der Waals surface area contributed by atoms with E-state index in [1.54, 1.807) is 0 Å². The summed E-state index contributed by atoms with van der Waals surface area (Å²) in [5.41, 5.74) is 0. The first-order valence-corrected chi connectivity index (χ1v) is 6.79. The lowest BCUT2D eigenvalue weighted by Crippen LogP contribution is -2.65. The minimum Gasteiger partial charge on any atom is -0.329 e. The van der Waals surface area contributed by atoms with Crippen LogP contribution >= 0.6 is 0 Å². The van der Waals surface area contributed by atoms with Crippen LogP contribution < -0.4 is 0 Å². The summed E-state index contributed by atoms with van der Waals surface area (Å²) < 4.78 is 0. The number of rotatable bonds is 2. The van der Waals surface area contributed by atoms with Crippen molar-refractivity contribution in [3.63, 3.8) is 0 Å². The van der Waals surface area contributed by atoms with Gasteiger partial charge in [-0.15, -0.1) is 0 Å². The Morgan fingerprint density at radius 2 is 1.88 bits per heavy atom. The molecule has 4 heteroatoms. The van der Waals surface area contributed by atoms with Crippen LogP contribution in [0.4, 0.5) is 0 Å². The lowest BCUT2D eigenvalue weighted by atomic mass is 9.95. The molecule has 1 aliphatic carbocycles. The Balaban J connectivity index is 1.80. The van der Waals surface area contributed by atoms with E-state index in [0.29, 0.717) is 5.92 Å². The highest BCUT2D eigenvalue weighted by molar-refractivity contribution is 5.96. The third kappa shape index (κ3) is 1.83. The maximum Gasteiger partial charge on any atom is 0.246 e. The molecule has 2 atom stereocenters. The zero-order valence-corrected chi connectivity index (χ0v) is 10.4. The smallest absolute Gasteiger partial charge is 0.246 e. The van der Waals surface area contributed by atoms with Crippen molar-refractivity contribution in [2.75, 3.05) is 13.1 Å². The highest BCUT2D eigenvalue weighted by Gasteiger charge is 2.45. The molecule has 0 aromatic rings. The average molecular weight is 236 g/mol. The molecule has 0 spiro atoms. The molecule has 2 aliphatic heterocycles. The van der Waals surface area contributed by atoms with Gasteiger partial charge >= 0.3 is 0 Å². The Morgan fingerprint density at radius 1 is 1.12 bits per heavy atom. The summed E-state index contributed by atoms with van der Waals surface area (Å²) in [7, 11) is 0.